The van der Waals surface area contributed by atoms with Crippen molar-refractivity contribution in [3.63, 3.8) is 0 Å². The van der Waals surface area contributed by atoms with E-state index in [9.17, 15) is 9.59 Å². The summed E-state index contributed by atoms with van der Waals surface area (Å²) in [5.74, 6) is -0.476. The van der Waals surface area contributed by atoms with Gasteiger partial charge >= 0.3 is 0 Å². The predicted molar refractivity (Wildman–Crippen MR) is 111 cm³/mol. The van der Waals surface area contributed by atoms with Gasteiger partial charge in [0.1, 0.15) is 0 Å². The number of thioether (sulfide) groups is 1. The number of hydrogen-bond acceptors (Lipinski definition) is 5. The fourth-order valence-electron chi connectivity index (χ4n) is 2.65. The minimum atomic E-state index is -0.243. The Labute approximate surface area is 172 Å². The lowest BCUT2D eigenvalue weighted by Crippen LogP contribution is -2.33. The van der Waals surface area contributed by atoms with Crippen LogP contribution in [0.4, 0.5) is 0 Å². The zero-order valence-electron chi connectivity index (χ0n) is 15.1. The summed E-state index contributed by atoms with van der Waals surface area (Å²) in [6.45, 7) is 4.79. The Bertz CT molecular complexity index is 845. The molecule has 0 radical (unpaired) electrons. The van der Waals surface area contributed by atoms with Gasteiger partial charge in [-0.3, -0.25) is 14.5 Å². The highest BCUT2D eigenvalue weighted by Gasteiger charge is 2.39. The van der Waals surface area contributed by atoms with Gasteiger partial charge in [-0.1, -0.05) is 29.4 Å². The van der Waals surface area contributed by atoms with E-state index in [1.165, 1.54) is 28.0 Å². The number of halogens is 1. The lowest BCUT2D eigenvalue weighted by atomic mass is 10.2. The van der Waals surface area contributed by atoms with Gasteiger partial charge in [0.15, 0.2) is 0 Å². The lowest BCUT2D eigenvalue weighted by Gasteiger charge is -2.15. The average Bonchev–Trinajstić information content (AvgIpc) is 3.22. The van der Waals surface area contributed by atoms with Gasteiger partial charge in [0.2, 0.25) is 0 Å². The molecule has 2 amide bonds. The summed E-state index contributed by atoms with van der Waals surface area (Å²) in [5, 5.41) is 2.54. The van der Waals surface area contributed by atoms with Crippen molar-refractivity contribution in [3.8, 4) is 0 Å². The van der Waals surface area contributed by atoms with Crippen molar-refractivity contribution >= 4 is 52.1 Å². The van der Waals surface area contributed by atoms with Crippen LogP contribution >= 0.6 is 34.7 Å². The number of thiophene rings is 1. The van der Waals surface area contributed by atoms with E-state index >= 15 is 0 Å². The standard InChI is InChI=1S/C20H20ClNO3S2/c1-13(2)25-11-4-10-22-19(23)17(16-5-3-12-26-16)18(20(22)24)27-15-8-6-14(21)7-9-15/h3,5-9,12-13H,4,10-11H2,1-2H3. The molecule has 0 saturated carbocycles. The van der Waals surface area contributed by atoms with Crippen LogP contribution in [0.3, 0.4) is 0 Å². The molecule has 27 heavy (non-hydrogen) atoms. The van der Waals surface area contributed by atoms with Gasteiger partial charge < -0.3 is 4.74 Å². The number of rotatable bonds is 8. The van der Waals surface area contributed by atoms with Gasteiger partial charge in [-0.15, -0.1) is 11.3 Å². The second-order valence-corrected chi connectivity index (χ2v) is 8.74. The predicted octanol–water partition coefficient (Wildman–Crippen LogP) is 5.09. The van der Waals surface area contributed by atoms with Crippen molar-refractivity contribution < 1.29 is 14.3 Å². The highest BCUT2D eigenvalue weighted by atomic mass is 35.5. The quantitative estimate of drug-likeness (QED) is 0.440. The zero-order chi connectivity index (χ0) is 19.4. The monoisotopic (exact) mass is 421 g/mol. The van der Waals surface area contributed by atoms with Crippen LogP contribution in [0.15, 0.2) is 51.6 Å². The lowest BCUT2D eigenvalue weighted by molar-refractivity contribution is -0.136. The molecule has 142 valence electrons. The fraction of sp³-hybridized carbons (Fsp3) is 0.300. The molecule has 3 rings (SSSR count). The SMILES string of the molecule is CC(C)OCCCN1C(=O)C(Sc2ccc(Cl)cc2)=C(c2cccs2)C1=O. The highest BCUT2D eigenvalue weighted by Crippen LogP contribution is 2.41. The van der Waals surface area contributed by atoms with Crippen LogP contribution in [0, 0.1) is 0 Å². The molecule has 0 fully saturated rings. The summed E-state index contributed by atoms with van der Waals surface area (Å²) in [6, 6.07) is 11.0. The molecule has 1 aliphatic heterocycles. The van der Waals surface area contributed by atoms with Crippen molar-refractivity contribution in [1.82, 2.24) is 4.90 Å². The molecule has 0 bridgehead atoms. The first-order chi connectivity index (χ1) is 13.0. The summed E-state index contributed by atoms with van der Waals surface area (Å²) in [7, 11) is 0. The minimum absolute atomic E-state index is 0.130. The highest BCUT2D eigenvalue weighted by molar-refractivity contribution is 8.04. The molecule has 0 spiro atoms. The molecule has 1 aromatic heterocycles. The third-order valence-electron chi connectivity index (χ3n) is 3.90. The molecule has 1 aromatic carbocycles. The molecule has 0 aliphatic carbocycles. The van der Waals surface area contributed by atoms with Crippen LogP contribution in [0.1, 0.15) is 25.1 Å². The van der Waals surface area contributed by atoms with E-state index in [4.69, 9.17) is 16.3 Å². The number of amides is 2. The average molecular weight is 422 g/mol. The Kier molecular flexibility index (Phi) is 6.76. The van der Waals surface area contributed by atoms with Crippen LogP contribution in [-0.4, -0.2) is 36.0 Å². The molecule has 0 saturated heterocycles. The molecular weight excluding hydrogens is 402 g/mol. The Morgan fingerprint density at radius 2 is 1.89 bits per heavy atom. The third-order valence-corrected chi connectivity index (χ3v) is 6.13. The van der Waals surface area contributed by atoms with Crippen LogP contribution < -0.4 is 0 Å². The molecule has 7 heteroatoms. The van der Waals surface area contributed by atoms with Gasteiger partial charge in [0.25, 0.3) is 11.8 Å². The zero-order valence-corrected chi connectivity index (χ0v) is 17.5. The smallest absolute Gasteiger partial charge is 0.268 e. The maximum atomic E-state index is 13.0. The summed E-state index contributed by atoms with van der Waals surface area (Å²) in [4.78, 5) is 29.4. The second kappa shape index (κ2) is 9.06. The van der Waals surface area contributed by atoms with E-state index in [1.807, 2.05) is 43.5 Å². The number of carbonyl (C=O) groups is 2. The Morgan fingerprint density at radius 3 is 2.52 bits per heavy atom. The van der Waals surface area contributed by atoms with E-state index in [0.29, 0.717) is 35.1 Å². The van der Waals surface area contributed by atoms with E-state index in [1.54, 1.807) is 12.1 Å². The number of nitrogens with zero attached hydrogens (tertiary/aromatic N) is 1. The van der Waals surface area contributed by atoms with E-state index in [0.717, 1.165) is 9.77 Å². The third kappa shape index (κ3) is 4.82. The van der Waals surface area contributed by atoms with Crippen molar-refractivity contribution in [2.24, 2.45) is 0 Å². The molecule has 0 N–H and O–H groups in total. The first kappa shape index (κ1) is 20.1. The maximum absolute atomic E-state index is 13.0. The fourth-order valence-corrected chi connectivity index (χ4v) is 4.62. The molecule has 1 aliphatic rings. The Morgan fingerprint density at radius 1 is 1.15 bits per heavy atom. The molecule has 4 nitrogen and oxygen atoms in total. The summed E-state index contributed by atoms with van der Waals surface area (Å²) in [5.41, 5.74) is 0.486. The van der Waals surface area contributed by atoms with Crippen molar-refractivity contribution in [3.05, 3.63) is 56.6 Å². The Balaban J connectivity index is 1.83. The van der Waals surface area contributed by atoms with E-state index < -0.39 is 0 Å². The summed E-state index contributed by atoms with van der Waals surface area (Å²) >= 11 is 8.72. The van der Waals surface area contributed by atoms with Crippen LogP contribution in [0.2, 0.25) is 5.02 Å². The topological polar surface area (TPSA) is 46.6 Å². The number of benzene rings is 1. The van der Waals surface area contributed by atoms with Gasteiger partial charge in [-0.25, -0.2) is 0 Å². The van der Waals surface area contributed by atoms with Crippen molar-refractivity contribution in [2.75, 3.05) is 13.2 Å². The molecule has 0 unspecified atom stereocenters. The minimum Gasteiger partial charge on any atom is -0.379 e. The van der Waals surface area contributed by atoms with Gasteiger partial charge in [-0.05, 0) is 56.0 Å². The molecule has 0 atom stereocenters. The number of imide groups is 1. The van der Waals surface area contributed by atoms with E-state index in [2.05, 4.69) is 0 Å². The van der Waals surface area contributed by atoms with Gasteiger partial charge in [0.05, 0.1) is 16.6 Å². The normalized spacial score (nSPS) is 14.7. The van der Waals surface area contributed by atoms with Crippen LogP contribution in [0.5, 0.6) is 0 Å². The van der Waals surface area contributed by atoms with Crippen LogP contribution in [0.25, 0.3) is 5.57 Å². The largest absolute Gasteiger partial charge is 0.379 e. The molecule has 2 aromatic rings. The first-order valence-electron chi connectivity index (χ1n) is 8.66. The second-order valence-electron chi connectivity index (χ2n) is 6.27. The molecular formula is C20H20ClNO3S2. The van der Waals surface area contributed by atoms with E-state index in [-0.39, 0.29) is 17.9 Å². The van der Waals surface area contributed by atoms with Gasteiger partial charge in [0, 0.05) is 27.9 Å². The molecule has 2 heterocycles. The van der Waals surface area contributed by atoms with Crippen molar-refractivity contribution in [1.29, 1.82) is 0 Å². The number of hydrogen-bond donors (Lipinski definition) is 0. The Hall–Kier alpha value is -1.60. The number of carbonyl (C=O) groups excluding carboxylic acids is 2. The number of ether oxygens (including phenoxy) is 1. The summed E-state index contributed by atoms with van der Waals surface area (Å²) < 4.78 is 5.53. The van der Waals surface area contributed by atoms with Gasteiger partial charge in [-0.2, -0.15) is 0 Å². The maximum Gasteiger partial charge on any atom is 0.268 e. The first-order valence-corrected chi connectivity index (χ1v) is 10.7. The van der Waals surface area contributed by atoms with Crippen molar-refractivity contribution in [2.45, 2.75) is 31.3 Å². The van der Waals surface area contributed by atoms with Crippen LogP contribution in [-0.2, 0) is 14.3 Å². The summed E-state index contributed by atoms with van der Waals surface area (Å²) in [6.07, 6.45) is 0.748.